The van der Waals surface area contributed by atoms with E-state index in [4.69, 9.17) is 0 Å². The maximum absolute atomic E-state index is 11.6. The average Bonchev–Trinajstić information content (AvgIpc) is 2.39. The molecule has 100 valence electrons. The van der Waals surface area contributed by atoms with Crippen LogP contribution in [0.25, 0.3) is 11.1 Å². The van der Waals surface area contributed by atoms with Gasteiger partial charge in [-0.05, 0) is 35.2 Å². The summed E-state index contributed by atoms with van der Waals surface area (Å²) in [5.74, 6) is 0. The first kappa shape index (κ1) is 13.8. The minimum atomic E-state index is -3.15. The van der Waals surface area contributed by atoms with Crippen molar-refractivity contribution < 1.29 is 8.42 Å². The maximum Gasteiger partial charge on any atom is 0.175 e. The molecular formula is C16H18O2S. The van der Waals surface area contributed by atoms with Gasteiger partial charge in [0.15, 0.2) is 9.84 Å². The van der Waals surface area contributed by atoms with Crippen LogP contribution in [0.4, 0.5) is 0 Å². The predicted molar refractivity (Wildman–Crippen MR) is 79.0 cm³/mol. The van der Waals surface area contributed by atoms with Crippen molar-refractivity contribution in [3.63, 3.8) is 0 Å². The van der Waals surface area contributed by atoms with Crippen molar-refractivity contribution in [3.05, 3.63) is 54.1 Å². The highest BCUT2D eigenvalue weighted by Crippen LogP contribution is 2.23. The van der Waals surface area contributed by atoms with Gasteiger partial charge >= 0.3 is 0 Å². The molecule has 0 unspecified atom stereocenters. The lowest BCUT2D eigenvalue weighted by molar-refractivity contribution is 0.602. The minimum absolute atomic E-state index is 0.364. The average molecular weight is 274 g/mol. The van der Waals surface area contributed by atoms with E-state index in [2.05, 4.69) is 19.1 Å². The molecule has 0 spiro atoms. The van der Waals surface area contributed by atoms with E-state index >= 15 is 0 Å². The van der Waals surface area contributed by atoms with Crippen LogP contribution in [0.2, 0.25) is 0 Å². The van der Waals surface area contributed by atoms with Gasteiger partial charge in [0.1, 0.15) is 0 Å². The molecule has 0 radical (unpaired) electrons. The number of benzene rings is 2. The van der Waals surface area contributed by atoms with Crippen molar-refractivity contribution >= 4 is 9.84 Å². The van der Waals surface area contributed by atoms with Crippen molar-refractivity contribution in [1.29, 1.82) is 0 Å². The van der Waals surface area contributed by atoms with E-state index in [1.54, 1.807) is 18.2 Å². The van der Waals surface area contributed by atoms with Gasteiger partial charge in [-0.3, -0.25) is 0 Å². The Hall–Kier alpha value is -1.61. The standard InChI is InChI=1S/C16H18O2S/c1-3-5-13-8-10-14(11-9-13)15-6-4-7-16(12-15)19(2,17)18/h4,6-12H,3,5H2,1-2H3. The highest BCUT2D eigenvalue weighted by atomic mass is 32.2. The third-order valence-electron chi connectivity index (χ3n) is 3.09. The van der Waals surface area contributed by atoms with Crippen LogP contribution in [0.1, 0.15) is 18.9 Å². The van der Waals surface area contributed by atoms with E-state index in [1.165, 1.54) is 11.8 Å². The van der Waals surface area contributed by atoms with Crippen molar-refractivity contribution in [2.24, 2.45) is 0 Å². The topological polar surface area (TPSA) is 34.1 Å². The Morgan fingerprint density at radius 1 is 0.947 bits per heavy atom. The van der Waals surface area contributed by atoms with E-state index < -0.39 is 9.84 Å². The summed E-state index contributed by atoms with van der Waals surface area (Å²) in [5, 5.41) is 0. The van der Waals surface area contributed by atoms with Gasteiger partial charge in [0.2, 0.25) is 0 Å². The predicted octanol–water partition coefficient (Wildman–Crippen LogP) is 3.71. The van der Waals surface area contributed by atoms with Crippen LogP contribution in [0.3, 0.4) is 0 Å². The van der Waals surface area contributed by atoms with Crippen molar-refractivity contribution in [3.8, 4) is 11.1 Å². The third kappa shape index (κ3) is 3.44. The van der Waals surface area contributed by atoms with Gasteiger partial charge in [-0.2, -0.15) is 0 Å². The highest BCUT2D eigenvalue weighted by Gasteiger charge is 2.08. The Labute approximate surface area is 115 Å². The lowest BCUT2D eigenvalue weighted by Gasteiger charge is -2.06. The van der Waals surface area contributed by atoms with E-state index in [1.807, 2.05) is 18.2 Å². The Balaban J connectivity index is 2.36. The quantitative estimate of drug-likeness (QED) is 0.851. The number of hydrogen-bond donors (Lipinski definition) is 0. The molecule has 3 heteroatoms. The molecule has 0 aromatic heterocycles. The SMILES string of the molecule is CCCc1ccc(-c2cccc(S(C)(=O)=O)c2)cc1. The van der Waals surface area contributed by atoms with Crippen LogP contribution in [0.5, 0.6) is 0 Å². The second-order valence-electron chi connectivity index (χ2n) is 4.75. The molecule has 0 aliphatic heterocycles. The molecule has 2 aromatic rings. The molecular weight excluding hydrogens is 256 g/mol. The molecule has 0 N–H and O–H groups in total. The van der Waals surface area contributed by atoms with Crippen LogP contribution in [0, 0.1) is 0 Å². The van der Waals surface area contributed by atoms with Crippen LogP contribution in [0.15, 0.2) is 53.4 Å². The fourth-order valence-electron chi connectivity index (χ4n) is 2.06. The summed E-state index contributed by atoms with van der Waals surface area (Å²) in [7, 11) is -3.15. The molecule has 0 saturated carbocycles. The Bertz CT molecular complexity index is 655. The summed E-state index contributed by atoms with van der Waals surface area (Å²) in [6, 6.07) is 15.4. The first-order valence-corrected chi connectivity index (χ1v) is 8.29. The van der Waals surface area contributed by atoms with Crippen LogP contribution in [-0.2, 0) is 16.3 Å². The second kappa shape index (κ2) is 5.57. The number of rotatable bonds is 4. The van der Waals surface area contributed by atoms with Crippen molar-refractivity contribution in [2.45, 2.75) is 24.7 Å². The van der Waals surface area contributed by atoms with Gasteiger partial charge in [-0.25, -0.2) is 8.42 Å². The normalized spacial score (nSPS) is 11.5. The summed E-state index contributed by atoms with van der Waals surface area (Å²) in [4.78, 5) is 0.364. The Kier molecular flexibility index (Phi) is 4.05. The summed E-state index contributed by atoms with van der Waals surface area (Å²) >= 11 is 0. The highest BCUT2D eigenvalue weighted by molar-refractivity contribution is 7.90. The van der Waals surface area contributed by atoms with E-state index in [0.717, 1.165) is 24.0 Å². The fourth-order valence-corrected chi connectivity index (χ4v) is 2.73. The van der Waals surface area contributed by atoms with Crippen molar-refractivity contribution in [1.82, 2.24) is 0 Å². The zero-order chi connectivity index (χ0) is 13.9. The first-order chi connectivity index (χ1) is 9.00. The fraction of sp³-hybridized carbons (Fsp3) is 0.250. The van der Waals surface area contributed by atoms with E-state index in [0.29, 0.717) is 4.90 Å². The van der Waals surface area contributed by atoms with Gasteiger partial charge in [0.05, 0.1) is 4.90 Å². The number of aryl methyl sites for hydroxylation is 1. The molecule has 19 heavy (non-hydrogen) atoms. The lowest BCUT2D eigenvalue weighted by Crippen LogP contribution is -1.96. The molecule has 2 aromatic carbocycles. The molecule has 0 bridgehead atoms. The monoisotopic (exact) mass is 274 g/mol. The number of hydrogen-bond acceptors (Lipinski definition) is 2. The zero-order valence-electron chi connectivity index (χ0n) is 11.3. The molecule has 0 amide bonds. The molecule has 2 nitrogen and oxygen atoms in total. The Morgan fingerprint density at radius 3 is 2.21 bits per heavy atom. The van der Waals surface area contributed by atoms with Gasteiger partial charge in [-0.1, -0.05) is 49.7 Å². The van der Waals surface area contributed by atoms with E-state index in [9.17, 15) is 8.42 Å². The molecule has 0 heterocycles. The molecule has 2 rings (SSSR count). The summed E-state index contributed by atoms with van der Waals surface area (Å²) in [6.45, 7) is 2.16. The molecule has 0 fully saturated rings. The lowest BCUT2D eigenvalue weighted by atomic mass is 10.0. The van der Waals surface area contributed by atoms with Crippen LogP contribution < -0.4 is 0 Å². The number of sulfone groups is 1. The molecule has 0 atom stereocenters. The third-order valence-corrected chi connectivity index (χ3v) is 4.20. The minimum Gasteiger partial charge on any atom is -0.224 e. The van der Waals surface area contributed by atoms with Gasteiger partial charge in [-0.15, -0.1) is 0 Å². The summed E-state index contributed by atoms with van der Waals surface area (Å²) in [6.07, 6.45) is 3.43. The van der Waals surface area contributed by atoms with Gasteiger partial charge < -0.3 is 0 Å². The van der Waals surface area contributed by atoms with Crippen molar-refractivity contribution in [2.75, 3.05) is 6.26 Å². The largest absolute Gasteiger partial charge is 0.224 e. The smallest absolute Gasteiger partial charge is 0.175 e. The molecule has 0 saturated heterocycles. The first-order valence-electron chi connectivity index (χ1n) is 6.40. The molecule has 0 aliphatic carbocycles. The van der Waals surface area contributed by atoms with Gasteiger partial charge in [0, 0.05) is 6.26 Å². The van der Waals surface area contributed by atoms with E-state index in [-0.39, 0.29) is 0 Å². The van der Waals surface area contributed by atoms with Gasteiger partial charge in [0.25, 0.3) is 0 Å². The molecule has 0 aliphatic rings. The Morgan fingerprint density at radius 2 is 1.63 bits per heavy atom. The summed E-state index contributed by atoms with van der Waals surface area (Å²) < 4.78 is 23.1. The van der Waals surface area contributed by atoms with Crippen LogP contribution in [-0.4, -0.2) is 14.7 Å². The maximum atomic E-state index is 11.6. The van der Waals surface area contributed by atoms with Crippen LogP contribution >= 0.6 is 0 Å². The summed E-state index contributed by atoms with van der Waals surface area (Å²) in [5.41, 5.74) is 3.29. The zero-order valence-corrected chi connectivity index (χ0v) is 12.1. The second-order valence-corrected chi connectivity index (χ2v) is 6.76.